The highest BCUT2D eigenvalue weighted by molar-refractivity contribution is 5.55. The maximum Gasteiger partial charge on any atom is 0.146 e. The molecule has 0 saturated heterocycles. The summed E-state index contributed by atoms with van der Waals surface area (Å²) in [5.74, 6) is 0.459. The lowest BCUT2D eigenvalue weighted by molar-refractivity contribution is 0.199. The molecule has 0 amide bonds. The van der Waals surface area contributed by atoms with Crippen molar-refractivity contribution in [2.75, 3.05) is 18.0 Å². The van der Waals surface area contributed by atoms with Crippen LogP contribution in [0.4, 0.5) is 10.1 Å². The van der Waals surface area contributed by atoms with E-state index in [1.165, 1.54) is 25.3 Å². The van der Waals surface area contributed by atoms with Crippen molar-refractivity contribution in [1.82, 2.24) is 0 Å². The third-order valence-corrected chi connectivity index (χ3v) is 3.87. The molecule has 2 rings (SSSR count). The summed E-state index contributed by atoms with van der Waals surface area (Å²) in [5, 5.41) is 9.79. The number of nitrogens with zero attached hydrogens (tertiary/aromatic N) is 1. The first-order valence-electron chi connectivity index (χ1n) is 6.85. The predicted octanol–water partition coefficient (Wildman–Crippen LogP) is 3.51. The Kier molecular flexibility index (Phi) is 4.23. The zero-order valence-corrected chi connectivity index (χ0v) is 11.2. The smallest absolute Gasteiger partial charge is 0.146 e. The third-order valence-electron chi connectivity index (χ3n) is 3.87. The van der Waals surface area contributed by atoms with E-state index in [1.807, 2.05) is 13.0 Å². The Balaban J connectivity index is 2.27. The summed E-state index contributed by atoms with van der Waals surface area (Å²) in [6.07, 6.45) is 3.15. The lowest BCUT2D eigenvalue weighted by atomic mass is 9.85. The quantitative estimate of drug-likeness (QED) is 0.865. The fourth-order valence-corrected chi connectivity index (χ4v) is 2.57. The molecule has 100 valence electrons. The van der Waals surface area contributed by atoms with Crippen molar-refractivity contribution >= 4 is 5.69 Å². The topological polar surface area (TPSA) is 23.5 Å². The van der Waals surface area contributed by atoms with Crippen molar-refractivity contribution < 1.29 is 9.50 Å². The van der Waals surface area contributed by atoms with Crippen LogP contribution in [0.3, 0.4) is 0 Å². The molecule has 1 aliphatic rings. The molecule has 3 heteroatoms. The van der Waals surface area contributed by atoms with E-state index in [2.05, 4.69) is 4.90 Å². The van der Waals surface area contributed by atoms with Gasteiger partial charge in [0, 0.05) is 18.7 Å². The van der Waals surface area contributed by atoms with Crippen LogP contribution in [0.2, 0.25) is 0 Å². The van der Waals surface area contributed by atoms with Crippen LogP contribution >= 0.6 is 0 Å². The molecule has 0 aliphatic heterocycles. The first-order valence-corrected chi connectivity index (χ1v) is 6.85. The average molecular weight is 251 g/mol. The van der Waals surface area contributed by atoms with Gasteiger partial charge in [-0.2, -0.15) is 0 Å². The molecule has 1 aromatic carbocycles. The molecule has 1 fully saturated rings. The molecule has 1 saturated carbocycles. The van der Waals surface area contributed by atoms with E-state index >= 15 is 0 Å². The van der Waals surface area contributed by atoms with Crippen LogP contribution in [0.5, 0.6) is 0 Å². The highest BCUT2D eigenvalue weighted by Gasteiger charge is 2.24. The van der Waals surface area contributed by atoms with Crippen molar-refractivity contribution in [1.29, 1.82) is 0 Å². The van der Waals surface area contributed by atoms with Gasteiger partial charge in [-0.1, -0.05) is 18.6 Å². The molecule has 1 aliphatic carbocycles. The number of para-hydroxylation sites is 1. The third kappa shape index (κ3) is 2.66. The van der Waals surface area contributed by atoms with Gasteiger partial charge in [0.1, 0.15) is 5.82 Å². The zero-order valence-electron chi connectivity index (χ0n) is 11.2. The highest BCUT2D eigenvalue weighted by Crippen LogP contribution is 2.33. The van der Waals surface area contributed by atoms with E-state index in [9.17, 15) is 9.50 Å². The number of halogens is 1. The second kappa shape index (κ2) is 5.70. The number of hydrogen-bond donors (Lipinski definition) is 1. The van der Waals surface area contributed by atoms with E-state index in [4.69, 9.17) is 0 Å². The maximum atomic E-state index is 14.1. The van der Waals surface area contributed by atoms with Gasteiger partial charge in [-0.3, -0.25) is 0 Å². The number of aliphatic hydroxyl groups excluding tert-OH is 1. The largest absolute Gasteiger partial charge is 0.389 e. The first kappa shape index (κ1) is 13.3. The van der Waals surface area contributed by atoms with E-state index in [1.54, 1.807) is 13.0 Å². The van der Waals surface area contributed by atoms with E-state index in [0.717, 1.165) is 13.1 Å². The Bertz CT molecular complexity index is 401. The Morgan fingerprint density at radius 2 is 2.17 bits per heavy atom. The molecule has 18 heavy (non-hydrogen) atoms. The molecule has 0 radical (unpaired) electrons. The SMILES string of the molecule is CCN(CC1CCC1)c1c(F)cccc1[C@@H](C)O. The lowest BCUT2D eigenvalue weighted by Gasteiger charge is -2.34. The van der Waals surface area contributed by atoms with Gasteiger partial charge in [-0.05, 0) is 38.7 Å². The van der Waals surface area contributed by atoms with Crippen LogP contribution in [0.15, 0.2) is 18.2 Å². The van der Waals surface area contributed by atoms with Crippen LogP contribution in [0.1, 0.15) is 44.8 Å². The number of rotatable bonds is 5. The average Bonchev–Trinajstić information content (AvgIpc) is 2.28. The fraction of sp³-hybridized carbons (Fsp3) is 0.600. The van der Waals surface area contributed by atoms with Crippen LogP contribution < -0.4 is 4.90 Å². The van der Waals surface area contributed by atoms with Crippen LogP contribution in [-0.4, -0.2) is 18.2 Å². The maximum absolute atomic E-state index is 14.1. The molecule has 2 nitrogen and oxygen atoms in total. The predicted molar refractivity (Wildman–Crippen MR) is 72.3 cm³/mol. The minimum atomic E-state index is -0.633. The second-order valence-electron chi connectivity index (χ2n) is 5.19. The van der Waals surface area contributed by atoms with Gasteiger partial charge >= 0.3 is 0 Å². The Labute approximate surface area is 108 Å². The summed E-state index contributed by atoms with van der Waals surface area (Å²) in [7, 11) is 0. The summed E-state index contributed by atoms with van der Waals surface area (Å²) < 4.78 is 14.1. The minimum Gasteiger partial charge on any atom is -0.389 e. The molecule has 0 spiro atoms. The molecule has 1 N–H and O–H groups in total. The molecular formula is C15H22FNO. The number of hydrogen-bond acceptors (Lipinski definition) is 2. The van der Waals surface area contributed by atoms with Gasteiger partial charge < -0.3 is 10.0 Å². The molecule has 1 atom stereocenters. The summed E-state index contributed by atoms with van der Waals surface area (Å²) in [5.41, 5.74) is 1.28. The zero-order chi connectivity index (χ0) is 13.1. The molecule has 1 aromatic rings. The molecule has 0 bridgehead atoms. The summed E-state index contributed by atoms with van der Waals surface area (Å²) in [6.45, 7) is 5.40. The first-order chi connectivity index (χ1) is 8.63. The monoisotopic (exact) mass is 251 g/mol. The van der Waals surface area contributed by atoms with E-state index < -0.39 is 6.10 Å². The van der Waals surface area contributed by atoms with Gasteiger partial charge in [0.25, 0.3) is 0 Å². The lowest BCUT2D eigenvalue weighted by Crippen LogP contribution is -2.33. The highest BCUT2D eigenvalue weighted by atomic mass is 19.1. The summed E-state index contributed by atoms with van der Waals surface area (Å²) in [4.78, 5) is 2.07. The fourth-order valence-electron chi connectivity index (χ4n) is 2.57. The van der Waals surface area contributed by atoms with Gasteiger partial charge in [-0.25, -0.2) is 4.39 Å². The van der Waals surface area contributed by atoms with Crippen molar-refractivity contribution in [2.45, 2.75) is 39.2 Å². The Hall–Kier alpha value is -1.09. The molecule has 0 unspecified atom stereocenters. The minimum absolute atomic E-state index is 0.227. The Morgan fingerprint density at radius 3 is 2.67 bits per heavy atom. The molecule has 0 heterocycles. The van der Waals surface area contributed by atoms with Crippen LogP contribution in [-0.2, 0) is 0 Å². The molecule has 0 aromatic heterocycles. The van der Waals surface area contributed by atoms with Crippen LogP contribution in [0, 0.1) is 11.7 Å². The molecular weight excluding hydrogens is 229 g/mol. The van der Waals surface area contributed by atoms with Gasteiger partial charge in [-0.15, -0.1) is 0 Å². The van der Waals surface area contributed by atoms with Crippen molar-refractivity contribution in [3.8, 4) is 0 Å². The van der Waals surface area contributed by atoms with Crippen LogP contribution in [0.25, 0.3) is 0 Å². The van der Waals surface area contributed by atoms with Crippen molar-refractivity contribution in [3.63, 3.8) is 0 Å². The van der Waals surface area contributed by atoms with E-state index in [0.29, 0.717) is 17.2 Å². The summed E-state index contributed by atoms with van der Waals surface area (Å²) in [6, 6.07) is 4.95. The van der Waals surface area contributed by atoms with Gasteiger partial charge in [0.05, 0.1) is 11.8 Å². The number of benzene rings is 1. The number of aliphatic hydroxyl groups is 1. The summed E-state index contributed by atoms with van der Waals surface area (Å²) >= 11 is 0. The van der Waals surface area contributed by atoms with E-state index in [-0.39, 0.29) is 5.82 Å². The normalized spacial score (nSPS) is 17.3. The number of anilines is 1. The van der Waals surface area contributed by atoms with Gasteiger partial charge in [0.15, 0.2) is 0 Å². The standard InChI is InChI=1S/C15H22FNO/c1-3-17(10-12-6-4-7-12)15-13(11(2)18)8-5-9-14(15)16/h5,8-9,11-12,18H,3-4,6-7,10H2,1-2H3/t11-/m1/s1. The Morgan fingerprint density at radius 1 is 1.44 bits per heavy atom. The van der Waals surface area contributed by atoms with Crippen molar-refractivity contribution in [3.05, 3.63) is 29.6 Å². The van der Waals surface area contributed by atoms with Crippen molar-refractivity contribution in [2.24, 2.45) is 5.92 Å². The van der Waals surface area contributed by atoms with Gasteiger partial charge in [0.2, 0.25) is 0 Å². The second-order valence-corrected chi connectivity index (χ2v) is 5.19.